The Morgan fingerprint density at radius 1 is 0.885 bits per heavy atom. The number of nitrogens with one attached hydrogen (secondary N) is 1. The summed E-state index contributed by atoms with van der Waals surface area (Å²) in [4.78, 5) is 14.3. The highest BCUT2D eigenvalue weighted by Crippen LogP contribution is 2.18. The van der Waals surface area contributed by atoms with Crippen molar-refractivity contribution in [1.82, 2.24) is 0 Å². The quantitative estimate of drug-likeness (QED) is 0.710. The second kappa shape index (κ2) is 8.21. The summed E-state index contributed by atoms with van der Waals surface area (Å²) in [6, 6.07) is 24.9. The first-order chi connectivity index (χ1) is 12.6. The third-order valence-electron chi connectivity index (χ3n) is 4.01. The molecule has 3 rings (SSSR count). The summed E-state index contributed by atoms with van der Waals surface area (Å²) in [5, 5.41) is 2.90. The Kier molecular flexibility index (Phi) is 5.54. The van der Waals surface area contributed by atoms with Crippen molar-refractivity contribution in [2.45, 2.75) is 6.61 Å². The lowest BCUT2D eigenvalue weighted by Gasteiger charge is -2.13. The van der Waals surface area contributed by atoms with Crippen molar-refractivity contribution >= 4 is 17.3 Å². The van der Waals surface area contributed by atoms with E-state index in [2.05, 4.69) is 5.32 Å². The molecule has 0 aromatic heterocycles. The number of carbonyl (C=O) groups excluding carboxylic acids is 1. The van der Waals surface area contributed by atoms with Crippen LogP contribution in [0, 0.1) is 0 Å². The minimum atomic E-state index is -0.131. The van der Waals surface area contributed by atoms with E-state index in [1.807, 2.05) is 97.9 Å². The van der Waals surface area contributed by atoms with Crippen LogP contribution in [-0.2, 0) is 6.61 Å². The Bertz CT molecular complexity index is 842. The highest BCUT2D eigenvalue weighted by molar-refractivity contribution is 6.04. The summed E-state index contributed by atoms with van der Waals surface area (Å²) >= 11 is 0. The van der Waals surface area contributed by atoms with E-state index in [4.69, 9.17) is 4.74 Å². The number of anilines is 2. The van der Waals surface area contributed by atoms with E-state index in [0.29, 0.717) is 12.2 Å². The third kappa shape index (κ3) is 4.63. The van der Waals surface area contributed by atoms with E-state index in [1.165, 1.54) is 0 Å². The van der Waals surface area contributed by atoms with Crippen molar-refractivity contribution in [3.05, 3.63) is 90.0 Å². The fourth-order valence-corrected chi connectivity index (χ4v) is 2.49. The van der Waals surface area contributed by atoms with Crippen LogP contribution >= 0.6 is 0 Å². The van der Waals surface area contributed by atoms with Gasteiger partial charge in [0.05, 0.1) is 0 Å². The van der Waals surface area contributed by atoms with Gasteiger partial charge in [0.25, 0.3) is 5.91 Å². The van der Waals surface area contributed by atoms with Gasteiger partial charge in [-0.15, -0.1) is 0 Å². The maximum atomic E-state index is 12.3. The molecule has 1 N–H and O–H groups in total. The number of ether oxygens (including phenoxy) is 1. The molecule has 4 nitrogen and oxygen atoms in total. The van der Waals surface area contributed by atoms with Gasteiger partial charge >= 0.3 is 0 Å². The zero-order chi connectivity index (χ0) is 18.4. The van der Waals surface area contributed by atoms with E-state index in [1.54, 1.807) is 0 Å². The van der Waals surface area contributed by atoms with Gasteiger partial charge in [-0.25, -0.2) is 0 Å². The molecule has 0 spiro atoms. The first kappa shape index (κ1) is 17.5. The SMILES string of the molecule is CN(C)c1ccc(C(=O)Nc2ccc(OCc3ccccc3)cc2)cc1. The van der Waals surface area contributed by atoms with Crippen molar-refractivity contribution in [3.63, 3.8) is 0 Å². The third-order valence-corrected chi connectivity index (χ3v) is 4.01. The Morgan fingerprint density at radius 2 is 1.54 bits per heavy atom. The van der Waals surface area contributed by atoms with Gasteiger partial charge in [-0.05, 0) is 54.1 Å². The first-order valence-corrected chi connectivity index (χ1v) is 8.47. The number of amides is 1. The molecule has 0 bridgehead atoms. The smallest absolute Gasteiger partial charge is 0.255 e. The molecule has 0 radical (unpaired) electrons. The highest BCUT2D eigenvalue weighted by atomic mass is 16.5. The van der Waals surface area contributed by atoms with E-state index in [9.17, 15) is 4.79 Å². The molecule has 0 atom stereocenters. The lowest BCUT2D eigenvalue weighted by Crippen LogP contribution is -2.13. The predicted molar refractivity (Wildman–Crippen MR) is 106 cm³/mol. The summed E-state index contributed by atoms with van der Waals surface area (Å²) in [7, 11) is 3.94. The maximum absolute atomic E-state index is 12.3. The van der Waals surface area contributed by atoms with Gasteiger partial charge in [-0.1, -0.05) is 30.3 Å². The topological polar surface area (TPSA) is 41.6 Å². The molecule has 0 saturated carbocycles. The van der Waals surface area contributed by atoms with Gasteiger partial charge < -0.3 is 15.0 Å². The summed E-state index contributed by atoms with van der Waals surface area (Å²) in [6.45, 7) is 0.519. The molecule has 0 aliphatic carbocycles. The van der Waals surface area contributed by atoms with Crippen LogP contribution in [0.1, 0.15) is 15.9 Å². The molecule has 4 heteroatoms. The number of benzene rings is 3. The second-order valence-corrected chi connectivity index (χ2v) is 6.19. The zero-order valence-electron chi connectivity index (χ0n) is 15.0. The normalized spacial score (nSPS) is 10.2. The van der Waals surface area contributed by atoms with E-state index < -0.39 is 0 Å². The van der Waals surface area contributed by atoms with Crippen LogP contribution in [0.5, 0.6) is 5.75 Å². The standard InChI is InChI=1S/C22H22N2O2/c1-24(2)20-12-8-18(9-13-20)22(25)23-19-10-14-21(15-11-19)26-16-17-6-4-3-5-7-17/h3-15H,16H2,1-2H3,(H,23,25). The molecule has 0 saturated heterocycles. The summed E-state index contributed by atoms with van der Waals surface area (Å²) in [5.74, 6) is 0.635. The van der Waals surface area contributed by atoms with Gasteiger partial charge in [0, 0.05) is 31.0 Å². The summed E-state index contributed by atoms with van der Waals surface area (Å²) < 4.78 is 5.75. The van der Waals surface area contributed by atoms with Crippen molar-refractivity contribution in [2.75, 3.05) is 24.3 Å². The number of nitrogens with zero attached hydrogens (tertiary/aromatic N) is 1. The van der Waals surface area contributed by atoms with Gasteiger partial charge in [-0.2, -0.15) is 0 Å². The zero-order valence-corrected chi connectivity index (χ0v) is 15.0. The average molecular weight is 346 g/mol. The molecule has 0 heterocycles. The predicted octanol–water partition coefficient (Wildman–Crippen LogP) is 4.58. The van der Waals surface area contributed by atoms with Crippen molar-refractivity contribution < 1.29 is 9.53 Å². The van der Waals surface area contributed by atoms with Crippen LogP contribution in [0.2, 0.25) is 0 Å². The van der Waals surface area contributed by atoms with Crippen molar-refractivity contribution in [2.24, 2.45) is 0 Å². The number of carbonyl (C=O) groups is 1. The lowest BCUT2D eigenvalue weighted by atomic mass is 10.2. The number of hydrogen-bond donors (Lipinski definition) is 1. The molecule has 0 aliphatic heterocycles. The molecule has 3 aromatic rings. The van der Waals surface area contributed by atoms with Gasteiger partial charge in [0.15, 0.2) is 0 Å². The van der Waals surface area contributed by atoms with Crippen LogP contribution in [0.15, 0.2) is 78.9 Å². The summed E-state index contributed by atoms with van der Waals surface area (Å²) in [5.41, 5.74) is 3.53. The average Bonchev–Trinajstić information content (AvgIpc) is 2.68. The van der Waals surface area contributed by atoms with Crippen molar-refractivity contribution in [1.29, 1.82) is 0 Å². The lowest BCUT2D eigenvalue weighted by molar-refractivity contribution is 0.102. The van der Waals surface area contributed by atoms with Gasteiger partial charge in [0.1, 0.15) is 12.4 Å². The van der Waals surface area contributed by atoms with Crippen LogP contribution in [0.25, 0.3) is 0 Å². The maximum Gasteiger partial charge on any atom is 0.255 e. The van der Waals surface area contributed by atoms with E-state index in [0.717, 1.165) is 22.7 Å². The number of hydrogen-bond acceptors (Lipinski definition) is 3. The summed E-state index contributed by atoms with van der Waals surface area (Å²) in [6.07, 6.45) is 0. The fourth-order valence-electron chi connectivity index (χ4n) is 2.49. The molecular formula is C22H22N2O2. The first-order valence-electron chi connectivity index (χ1n) is 8.47. The van der Waals surface area contributed by atoms with Crippen LogP contribution < -0.4 is 15.0 Å². The fraction of sp³-hybridized carbons (Fsp3) is 0.136. The van der Waals surface area contributed by atoms with E-state index >= 15 is 0 Å². The van der Waals surface area contributed by atoms with Crippen LogP contribution in [0.3, 0.4) is 0 Å². The Morgan fingerprint density at radius 3 is 2.15 bits per heavy atom. The van der Waals surface area contributed by atoms with Gasteiger partial charge in [-0.3, -0.25) is 4.79 Å². The Hall–Kier alpha value is -3.27. The van der Waals surface area contributed by atoms with Crippen LogP contribution in [-0.4, -0.2) is 20.0 Å². The molecule has 1 amide bonds. The van der Waals surface area contributed by atoms with E-state index in [-0.39, 0.29) is 5.91 Å². The Labute approximate surface area is 154 Å². The molecule has 132 valence electrons. The highest BCUT2D eigenvalue weighted by Gasteiger charge is 2.07. The molecular weight excluding hydrogens is 324 g/mol. The molecule has 0 aliphatic rings. The minimum absolute atomic E-state index is 0.131. The molecule has 0 unspecified atom stereocenters. The Balaban J connectivity index is 1.57. The minimum Gasteiger partial charge on any atom is -0.489 e. The largest absolute Gasteiger partial charge is 0.489 e. The molecule has 26 heavy (non-hydrogen) atoms. The van der Waals surface area contributed by atoms with Crippen molar-refractivity contribution in [3.8, 4) is 5.75 Å². The van der Waals surface area contributed by atoms with Crippen LogP contribution in [0.4, 0.5) is 11.4 Å². The molecule has 3 aromatic carbocycles. The second-order valence-electron chi connectivity index (χ2n) is 6.19. The van der Waals surface area contributed by atoms with Gasteiger partial charge in [0.2, 0.25) is 0 Å². The molecule has 0 fully saturated rings. The number of rotatable bonds is 6. The monoisotopic (exact) mass is 346 g/mol.